The topological polar surface area (TPSA) is 38.9 Å². The molecule has 3 heteroatoms. The van der Waals surface area contributed by atoms with Gasteiger partial charge in [-0.25, -0.2) is 4.98 Å². The molecule has 1 aromatic rings. The minimum atomic E-state index is 0.703. The molecule has 15 heavy (non-hydrogen) atoms. The zero-order valence-corrected chi connectivity index (χ0v) is 10.2. The fourth-order valence-electron chi connectivity index (χ4n) is 1.42. The molecule has 0 fully saturated rings. The zero-order chi connectivity index (χ0) is 10.9. The second-order valence-electron chi connectivity index (χ2n) is 3.56. The number of hydrogen-bond donors (Lipinski definition) is 1. The normalized spacial score (nSPS) is 10.5. The van der Waals surface area contributed by atoms with E-state index in [2.05, 4.69) is 18.0 Å². The van der Waals surface area contributed by atoms with Gasteiger partial charge in [-0.1, -0.05) is 25.8 Å². The Labute approximate surface area is 96.7 Å². The van der Waals surface area contributed by atoms with E-state index in [-0.39, 0.29) is 0 Å². The maximum absolute atomic E-state index is 5.57. The number of hydrogen-bond acceptors (Lipinski definition) is 3. The van der Waals surface area contributed by atoms with Crippen LogP contribution in [0.3, 0.4) is 0 Å². The number of aromatic nitrogens is 1. The maximum Gasteiger partial charge on any atom is 0.0992 e. The summed E-state index contributed by atoms with van der Waals surface area (Å²) in [5, 5.41) is 1.17. The molecule has 0 aromatic carbocycles. The van der Waals surface area contributed by atoms with Crippen molar-refractivity contribution in [3.05, 3.63) is 23.9 Å². The molecule has 0 amide bonds. The molecule has 0 saturated carbocycles. The molecule has 84 valence electrons. The molecule has 0 atom stereocenters. The van der Waals surface area contributed by atoms with Crippen LogP contribution in [0.5, 0.6) is 0 Å². The van der Waals surface area contributed by atoms with Crippen LogP contribution in [-0.2, 0) is 6.42 Å². The summed E-state index contributed by atoms with van der Waals surface area (Å²) < 4.78 is 0. The molecule has 2 nitrogen and oxygen atoms in total. The van der Waals surface area contributed by atoms with Gasteiger partial charge in [0.2, 0.25) is 0 Å². The monoisotopic (exact) mass is 224 g/mol. The second kappa shape index (κ2) is 7.71. The maximum atomic E-state index is 5.57. The molecular weight excluding hydrogens is 204 g/mol. The van der Waals surface area contributed by atoms with Crippen LogP contribution in [0, 0.1) is 0 Å². The summed E-state index contributed by atoms with van der Waals surface area (Å²) in [5.74, 6) is 1.17. The van der Waals surface area contributed by atoms with Crippen LogP contribution < -0.4 is 5.73 Å². The first-order valence-corrected chi connectivity index (χ1v) is 6.63. The Kier molecular flexibility index (Phi) is 6.44. The summed E-state index contributed by atoms with van der Waals surface area (Å²) in [4.78, 5) is 4.40. The third-order valence-corrected chi connectivity index (χ3v) is 3.38. The van der Waals surface area contributed by atoms with E-state index in [0.717, 1.165) is 6.42 Å². The largest absolute Gasteiger partial charge is 0.330 e. The number of thioether (sulfide) groups is 1. The Hall–Kier alpha value is -0.540. The molecule has 0 aliphatic carbocycles. The lowest BCUT2D eigenvalue weighted by Crippen LogP contribution is -2.04. The Balaban J connectivity index is 2.44. The predicted molar refractivity (Wildman–Crippen MR) is 67.2 cm³/mol. The number of nitrogens with zero attached hydrogens (tertiary/aromatic N) is 1. The lowest BCUT2D eigenvalue weighted by Gasteiger charge is -2.06. The lowest BCUT2D eigenvalue weighted by molar-refractivity contribution is 0.777. The van der Waals surface area contributed by atoms with Crippen molar-refractivity contribution in [3.63, 3.8) is 0 Å². The average Bonchev–Trinajstić information content (AvgIpc) is 2.27. The van der Waals surface area contributed by atoms with Gasteiger partial charge in [0, 0.05) is 6.20 Å². The molecular formula is C12H20N2S. The fraction of sp³-hybridized carbons (Fsp3) is 0.583. The van der Waals surface area contributed by atoms with Gasteiger partial charge >= 0.3 is 0 Å². The minimum absolute atomic E-state index is 0.703. The number of pyridine rings is 1. The Morgan fingerprint density at radius 2 is 2.27 bits per heavy atom. The van der Waals surface area contributed by atoms with E-state index in [1.54, 1.807) is 0 Å². The molecule has 2 N–H and O–H groups in total. The van der Waals surface area contributed by atoms with Crippen molar-refractivity contribution in [3.8, 4) is 0 Å². The first kappa shape index (κ1) is 12.5. The average molecular weight is 224 g/mol. The van der Waals surface area contributed by atoms with Gasteiger partial charge in [0.1, 0.15) is 0 Å². The smallest absolute Gasteiger partial charge is 0.0992 e. The van der Waals surface area contributed by atoms with E-state index in [0.29, 0.717) is 6.54 Å². The standard InChI is InChI=1S/C12H20N2S/c1-2-3-4-10-15-12-11(7-8-13)6-5-9-14-12/h5-6,9H,2-4,7-8,10,13H2,1H3. The van der Waals surface area contributed by atoms with E-state index in [1.165, 1.54) is 35.6 Å². The van der Waals surface area contributed by atoms with E-state index in [4.69, 9.17) is 5.73 Å². The highest BCUT2D eigenvalue weighted by molar-refractivity contribution is 7.99. The van der Waals surface area contributed by atoms with E-state index in [1.807, 2.05) is 24.0 Å². The van der Waals surface area contributed by atoms with Crippen molar-refractivity contribution in [2.24, 2.45) is 5.73 Å². The molecule has 1 rings (SSSR count). The van der Waals surface area contributed by atoms with Crippen molar-refractivity contribution in [2.45, 2.75) is 37.6 Å². The van der Waals surface area contributed by atoms with Gasteiger partial charge in [-0.2, -0.15) is 0 Å². The van der Waals surface area contributed by atoms with Gasteiger partial charge in [0.25, 0.3) is 0 Å². The van der Waals surface area contributed by atoms with Crippen LogP contribution in [0.2, 0.25) is 0 Å². The highest BCUT2D eigenvalue weighted by atomic mass is 32.2. The third-order valence-electron chi connectivity index (χ3n) is 2.25. The Bertz CT molecular complexity index is 276. The molecule has 0 saturated heterocycles. The number of unbranched alkanes of at least 4 members (excludes halogenated alkanes) is 2. The fourth-order valence-corrected chi connectivity index (χ4v) is 2.45. The van der Waals surface area contributed by atoms with Gasteiger partial charge in [0.15, 0.2) is 0 Å². The molecule has 0 spiro atoms. The first-order chi connectivity index (χ1) is 7.38. The van der Waals surface area contributed by atoms with Crippen molar-refractivity contribution >= 4 is 11.8 Å². The molecule has 1 heterocycles. The van der Waals surface area contributed by atoms with Gasteiger partial charge in [-0.3, -0.25) is 0 Å². The first-order valence-electron chi connectivity index (χ1n) is 5.65. The molecule has 0 radical (unpaired) electrons. The van der Waals surface area contributed by atoms with Gasteiger partial charge in [-0.15, -0.1) is 11.8 Å². The van der Waals surface area contributed by atoms with Crippen LogP contribution in [-0.4, -0.2) is 17.3 Å². The molecule has 0 unspecified atom stereocenters. The molecule has 0 aliphatic rings. The zero-order valence-electron chi connectivity index (χ0n) is 9.41. The highest BCUT2D eigenvalue weighted by Gasteiger charge is 2.02. The molecule has 0 aliphatic heterocycles. The van der Waals surface area contributed by atoms with E-state index < -0.39 is 0 Å². The van der Waals surface area contributed by atoms with E-state index >= 15 is 0 Å². The molecule has 1 aromatic heterocycles. The third kappa shape index (κ3) is 4.67. The molecule has 0 bridgehead atoms. The van der Waals surface area contributed by atoms with Crippen molar-refractivity contribution in [1.82, 2.24) is 4.98 Å². The lowest BCUT2D eigenvalue weighted by atomic mass is 10.2. The summed E-state index contributed by atoms with van der Waals surface area (Å²) in [6.07, 6.45) is 6.66. The second-order valence-corrected chi connectivity index (χ2v) is 4.65. The SMILES string of the molecule is CCCCCSc1ncccc1CCN. The Morgan fingerprint density at radius 3 is 3.00 bits per heavy atom. The van der Waals surface area contributed by atoms with Crippen LogP contribution in [0.25, 0.3) is 0 Å². The van der Waals surface area contributed by atoms with Crippen LogP contribution in [0.4, 0.5) is 0 Å². The van der Waals surface area contributed by atoms with Crippen molar-refractivity contribution in [2.75, 3.05) is 12.3 Å². The van der Waals surface area contributed by atoms with E-state index in [9.17, 15) is 0 Å². The van der Waals surface area contributed by atoms with Crippen LogP contribution >= 0.6 is 11.8 Å². The summed E-state index contributed by atoms with van der Waals surface area (Å²) in [6, 6.07) is 4.11. The summed E-state index contributed by atoms with van der Waals surface area (Å²) in [7, 11) is 0. The van der Waals surface area contributed by atoms with Crippen LogP contribution in [0.1, 0.15) is 31.7 Å². The summed E-state index contributed by atoms with van der Waals surface area (Å²) in [5.41, 5.74) is 6.86. The Morgan fingerprint density at radius 1 is 1.40 bits per heavy atom. The summed E-state index contributed by atoms with van der Waals surface area (Å²) >= 11 is 1.86. The summed E-state index contributed by atoms with van der Waals surface area (Å²) in [6.45, 7) is 2.93. The highest BCUT2D eigenvalue weighted by Crippen LogP contribution is 2.21. The quantitative estimate of drug-likeness (QED) is 0.572. The number of nitrogens with two attached hydrogens (primary N) is 1. The minimum Gasteiger partial charge on any atom is -0.330 e. The van der Waals surface area contributed by atoms with Crippen molar-refractivity contribution in [1.29, 1.82) is 0 Å². The number of rotatable bonds is 7. The van der Waals surface area contributed by atoms with Crippen molar-refractivity contribution < 1.29 is 0 Å². The van der Waals surface area contributed by atoms with Gasteiger partial charge in [0.05, 0.1) is 5.03 Å². The van der Waals surface area contributed by atoms with Gasteiger partial charge in [-0.05, 0) is 36.8 Å². The van der Waals surface area contributed by atoms with Gasteiger partial charge < -0.3 is 5.73 Å². The van der Waals surface area contributed by atoms with Crippen LogP contribution in [0.15, 0.2) is 23.4 Å². The predicted octanol–water partition coefficient (Wildman–Crippen LogP) is 2.87.